The third kappa shape index (κ3) is 2.11. The Morgan fingerprint density at radius 2 is 2.18 bits per heavy atom. The van der Waals surface area contributed by atoms with E-state index in [2.05, 4.69) is 10.2 Å². The van der Waals surface area contributed by atoms with Crippen LogP contribution in [0.4, 0.5) is 5.69 Å². The second-order valence-electron chi connectivity index (χ2n) is 5.28. The quantitative estimate of drug-likeness (QED) is 0.591. The highest BCUT2D eigenvalue weighted by Crippen LogP contribution is 2.34. The molecule has 0 amide bonds. The van der Waals surface area contributed by atoms with Gasteiger partial charge in [0.1, 0.15) is 6.07 Å². The molecule has 3 aromatic rings. The van der Waals surface area contributed by atoms with E-state index < -0.39 is 4.92 Å². The van der Waals surface area contributed by atoms with Crippen LogP contribution >= 0.6 is 0 Å². The molecule has 0 saturated carbocycles. The summed E-state index contributed by atoms with van der Waals surface area (Å²) in [4.78, 5) is 10.6. The number of non-ortho nitro benzene ring substituents is 1. The Kier molecular flexibility index (Phi) is 3.14. The number of rotatable bonds is 3. The highest BCUT2D eigenvalue weighted by Gasteiger charge is 2.17. The van der Waals surface area contributed by atoms with Crippen LogP contribution in [0.25, 0.3) is 22.2 Å². The summed E-state index contributed by atoms with van der Waals surface area (Å²) in [5, 5.41) is 27.4. The first-order valence-corrected chi connectivity index (χ1v) is 6.76. The van der Waals surface area contributed by atoms with Crippen LogP contribution in [0.15, 0.2) is 30.5 Å². The maximum Gasteiger partial charge on any atom is 0.270 e. The van der Waals surface area contributed by atoms with Gasteiger partial charge in [0, 0.05) is 46.9 Å². The van der Waals surface area contributed by atoms with Crippen LogP contribution in [0.1, 0.15) is 25.6 Å². The average molecular weight is 295 g/mol. The molecule has 1 N–H and O–H groups in total. The van der Waals surface area contributed by atoms with E-state index in [9.17, 15) is 10.1 Å². The van der Waals surface area contributed by atoms with Crippen LogP contribution in [-0.2, 0) is 0 Å². The normalized spacial score (nSPS) is 11.0. The summed E-state index contributed by atoms with van der Waals surface area (Å²) in [5.74, 6) is 0. The lowest BCUT2D eigenvalue weighted by molar-refractivity contribution is -0.384. The Labute approximate surface area is 125 Å². The summed E-state index contributed by atoms with van der Waals surface area (Å²) in [7, 11) is 0. The molecule has 7 heteroatoms. The molecule has 7 nitrogen and oxygen atoms in total. The zero-order valence-electron chi connectivity index (χ0n) is 12.1. The Hall–Kier alpha value is -3.14. The molecule has 0 aliphatic carbocycles. The maximum atomic E-state index is 11.0. The molecule has 0 saturated heterocycles. The molecule has 2 aromatic heterocycles. The van der Waals surface area contributed by atoms with Gasteiger partial charge in [0.2, 0.25) is 0 Å². The number of benzene rings is 1. The van der Waals surface area contributed by atoms with Gasteiger partial charge in [-0.05, 0) is 19.9 Å². The number of nitro groups is 1. The Morgan fingerprint density at radius 1 is 1.41 bits per heavy atom. The van der Waals surface area contributed by atoms with Crippen LogP contribution in [0.3, 0.4) is 0 Å². The largest absolute Gasteiger partial charge is 0.344 e. The number of fused-ring (bicyclic) bond motifs is 1. The Bertz CT molecular complexity index is 914. The van der Waals surface area contributed by atoms with Crippen molar-refractivity contribution in [1.29, 1.82) is 5.26 Å². The third-order valence-electron chi connectivity index (χ3n) is 3.57. The molecule has 0 aliphatic rings. The van der Waals surface area contributed by atoms with Crippen molar-refractivity contribution in [1.82, 2.24) is 14.8 Å². The summed E-state index contributed by atoms with van der Waals surface area (Å²) in [5.41, 5.74) is 2.69. The molecule has 0 unspecified atom stereocenters. The van der Waals surface area contributed by atoms with Crippen molar-refractivity contribution in [3.8, 4) is 17.3 Å². The van der Waals surface area contributed by atoms with Crippen LogP contribution in [-0.4, -0.2) is 19.7 Å². The number of nitro benzene ring substituents is 1. The van der Waals surface area contributed by atoms with Gasteiger partial charge in [0.15, 0.2) is 5.69 Å². The van der Waals surface area contributed by atoms with Gasteiger partial charge in [-0.3, -0.25) is 15.2 Å². The maximum absolute atomic E-state index is 11.0. The summed E-state index contributed by atoms with van der Waals surface area (Å²) < 4.78 is 2.04. The zero-order valence-corrected chi connectivity index (χ0v) is 12.1. The molecular weight excluding hydrogens is 282 g/mol. The van der Waals surface area contributed by atoms with E-state index in [1.807, 2.05) is 30.7 Å². The highest BCUT2D eigenvalue weighted by atomic mass is 16.6. The van der Waals surface area contributed by atoms with Crippen LogP contribution < -0.4 is 0 Å². The second-order valence-corrected chi connectivity index (χ2v) is 5.28. The summed E-state index contributed by atoms with van der Waals surface area (Å²) in [6.07, 6.45) is 1.92. The van der Waals surface area contributed by atoms with E-state index in [0.717, 1.165) is 16.5 Å². The highest BCUT2D eigenvalue weighted by molar-refractivity contribution is 5.96. The topological polar surface area (TPSA) is 101 Å². The number of aromatic nitrogens is 3. The fourth-order valence-electron chi connectivity index (χ4n) is 2.52. The number of H-pyrrole nitrogens is 1. The second kappa shape index (κ2) is 5.00. The van der Waals surface area contributed by atoms with E-state index in [-0.39, 0.29) is 17.4 Å². The van der Waals surface area contributed by atoms with E-state index in [4.69, 9.17) is 5.26 Å². The molecular formula is C15H13N5O2. The molecule has 0 aliphatic heterocycles. The molecule has 0 atom stereocenters. The number of nitrogens with zero attached hydrogens (tertiary/aromatic N) is 4. The first-order chi connectivity index (χ1) is 10.5. The monoisotopic (exact) mass is 295 g/mol. The van der Waals surface area contributed by atoms with Gasteiger partial charge in [-0.1, -0.05) is 0 Å². The van der Waals surface area contributed by atoms with Gasteiger partial charge in [0.05, 0.1) is 10.6 Å². The Balaban J connectivity index is 2.30. The molecule has 110 valence electrons. The standard InChI is InChI=1S/C15H13N5O2/c1-9(2)19-8-13(14-5-10(7-16)17-18-14)12-6-11(20(21)22)3-4-15(12)19/h3-6,8-9H,1-2H3,(H,17,18). The summed E-state index contributed by atoms with van der Waals surface area (Å²) in [6.45, 7) is 4.08. The van der Waals surface area contributed by atoms with Crippen molar-refractivity contribution in [3.63, 3.8) is 0 Å². The SMILES string of the molecule is CC(C)n1cc(-c2cc(C#N)n[nH]2)c2cc([N+](=O)[O-])ccc21. The lowest BCUT2D eigenvalue weighted by Gasteiger charge is -2.08. The first-order valence-electron chi connectivity index (χ1n) is 6.76. The van der Waals surface area contributed by atoms with E-state index in [0.29, 0.717) is 5.69 Å². The predicted molar refractivity (Wildman–Crippen MR) is 81.3 cm³/mol. The van der Waals surface area contributed by atoms with Crippen molar-refractivity contribution < 1.29 is 4.92 Å². The van der Waals surface area contributed by atoms with Crippen LogP contribution in [0, 0.1) is 21.4 Å². The molecule has 3 rings (SSSR count). The minimum Gasteiger partial charge on any atom is -0.344 e. The van der Waals surface area contributed by atoms with Crippen molar-refractivity contribution in [2.24, 2.45) is 0 Å². The van der Waals surface area contributed by atoms with Gasteiger partial charge in [0.25, 0.3) is 5.69 Å². The van der Waals surface area contributed by atoms with Crippen molar-refractivity contribution >= 4 is 16.6 Å². The lowest BCUT2D eigenvalue weighted by atomic mass is 10.1. The first kappa shape index (κ1) is 13.8. The zero-order chi connectivity index (χ0) is 15.9. The molecule has 0 bridgehead atoms. The molecule has 0 radical (unpaired) electrons. The lowest BCUT2D eigenvalue weighted by Crippen LogP contribution is -1.98. The molecule has 2 heterocycles. The summed E-state index contributed by atoms with van der Waals surface area (Å²) >= 11 is 0. The molecule has 1 aromatic carbocycles. The smallest absolute Gasteiger partial charge is 0.270 e. The van der Waals surface area contributed by atoms with E-state index in [1.165, 1.54) is 6.07 Å². The number of hydrogen-bond donors (Lipinski definition) is 1. The Morgan fingerprint density at radius 3 is 2.77 bits per heavy atom. The van der Waals surface area contributed by atoms with Gasteiger partial charge in [-0.15, -0.1) is 0 Å². The minimum atomic E-state index is -0.413. The van der Waals surface area contributed by atoms with Crippen LogP contribution in [0.5, 0.6) is 0 Å². The van der Waals surface area contributed by atoms with Crippen molar-refractivity contribution in [3.05, 3.63) is 46.3 Å². The van der Waals surface area contributed by atoms with Gasteiger partial charge in [-0.2, -0.15) is 10.4 Å². The number of nitriles is 1. The summed E-state index contributed by atoms with van der Waals surface area (Å²) in [6, 6.07) is 8.61. The number of nitrogens with one attached hydrogen (secondary N) is 1. The van der Waals surface area contributed by atoms with E-state index in [1.54, 1.807) is 18.2 Å². The van der Waals surface area contributed by atoms with Gasteiger partial charge < -0.3 is 4.57 Å². The average Bonchev–Trinajstić information content (AvgIpc) is 3.10. The van der Waals surface area contributed by atoms with Gasteiger partial charge >= 0.3 is 0 Å². The number of hydrogen-bond acceptors (Lipinski definition) is 4. The molecule has 0 fully saturated rings. The molecule has 22 heavy (non-hydrogen) atoms. The number of aromatic amines is 1. The fourth-order valence-corrected chi connectivity index (χ4v) is 2.52. The van der Waals surface area contributed by atoms with Crippen LogP contribution in [0.2, 0.25) is 0 Å². The van der Waals surface area contributed by atoms with Gasteiger partial charge in [-0.25, -0.2) is 0 Å². The van der Waals surface area contributed by atoms with E-state index >= 15 is 0 Å². The van der Waals surface area contributed by atoms with Crippen molar-refractivity contribution in [2.75, 3.05) is 0 Å². The fraction of sp³-hybridized carbons (Fsp3) is 0.200. The third-order valence-corrected chi connectivity index (χ3v) is 3.57. The predicted octanol–water partition coefficient (Wildman–Crippen LogP) is 3.39. The minimum absolute atomic E-state index is 0.0373. The molecule has 0 spiro atoms. The van der Waals surface area contributed by atoms with Crippen molar-refractivity contribution in [2.45, 2.75) is 19.9 Å².